The van der Waals surface area contributed by atoms with E-state index in [4.69, 9.17) is 15.2 Å². The van der Waals surface area contributed by atoms with Gasteiger partial charge in [0.15, 0.2) is 0 Å². The van der Waals surface area contributed by atoms with Gasteiger partial charge in [-0.1, -0.05) is 0 Å². The molecule has 2 heterocycles. The van der Waals surface area contributed by atoms with Gasteiger partial charge in [0.25, 0.3) is 0 Å². The zero-order valence-corrected chi connectivity index (χ0v) is 8.59. The molecule has 2 rings (SSSR count). The fourth-order valence-corrected chi connectivity index (χ4v) is 2.74. The normalized spacial score (nSPS) is 31.6. The molecule has 3 nitrogen and oxygen atoms in total. The Bertz CT molecular complexity index is 158. The van der Waals surface area contributed by atoms with E-state index in [9.17, 15) is 0 Å². The highest BCUT2D eigenvalue weighted by atomic mass is 32.2. The van der Waals surface area contributed by atoms with E-state index in [1.807, 2.05) is 11.8 Å². The lowest BCUT2D eigenvalue weighted by Crippen LogP contribution is -2.37. The van der Waals surface area contributed by atoms with Gasteiger partial charge in [-0.2, -0.15) is 11.8 Å². The number of ether oxygens (including phenoxy) is 2. The van der Waals surface area contributed by atoms with Crippen LogP contribution >= 0.6 is 11.8 Å². The van der Waals surface area contributed by atoms with Gasteiger partial charge in [-0.15, -0.1) is 0 Å². The van der Waals surface area contributed by atoms with Crippen molar-refractivity contribution in [2.45, 2.75) is 17.7 Å². The van der Waals surface area contributed by atoms with Crippen LogP contribution in [0.5, 0.6) is 0 Å². The average Bonchev–Trinajstić information content (AvgIpc) is 2.52. The molecule has 0 saturated carbocycles. The lowest BCUT2D eigenvalue weighted by molar-refractivity contribution is 0.0454. The number of nitrogens with two attached hydrogens (primary N) is 1. The van der Waals surface area contributed by atoms with Gasteiger partial charge < -0.3 is 15.2 Å². The van der Waals surface area contributed by atoms with E-state index in [1.165, 1.54) is 0 Å². The first-order valence-electron chi connectivity index (χ1n) is 4.89. The van der Waals surface area contributed by atoms with Crippen molar-refractivity contribution in [3.63, 3.8) is 0 Å². The molecule has 0 bridgehead atoms. The Morgan fingerprint density at radius 2 is 2.15 bits per heavy atom. The first-order valence-corrected chi connectivity index (χ1v) is 5.94. The highest BCUT2D eigenvalue weighted by Crippen LogP contribution is 2.23. The van der Waals surface area contributed by atoms with E-state index in [0.717, 1.165) is 38.6 Å². The molecular formula is C9H17NO2S. The second-order valence-corrected chi connectivity index (χ2v) is 5.11. The molecule has 0 aliphatic carbocycles. The van der Waals surface area contributed by atoms with Crippen LogP contribution in [-0.4, -0.2) is 43.5 Å². The van der Waals surface area contributed by atoms with Crippen LogP contribution in [0.3, 0.4) is 0 Å². The van der Waals surface area contributed by atoms with Crippen molar-refractivity contribution in [1.82, 2.24) is 0 Å². The topological polar surface area (TPSA) is 44.5 Å². The lowest BCUT2D eigenvalue weighted by Gasteiger charge is -2.27. The van der Waals surface area contributed by atoms with Gasteiger partial charge in [0.2, 0.25) is 0 Å². The highest BCUT2D eigenvalue weighted by molar-refractivity contribution is 8.00. The number of thioether (sulfide) groups is 1. The number of hydrogen-bond acceptors (Lipinski definition) is 4. The van der Waals surface area contributed by atoms with Gasteiger partial charge in [0, 0.05) is 24.3 Å². The van der Waals surface area contributed by atoms with E-state index < -0.39 is 0 Å². The summed E-state index contributed by atoms with van der Waals surface area (Å²) in [7, 11) is 0. The molecule has 2 N–H and O–H groups in total. The highest BCUT2D eigenvalue weighted by Gasteiger charge is 2.25. The van der Waals surface area contributed by atoms with Gasteiger partial charge in [-0.25, -0.2) is 0 Å². The predicted octanol–water partition coefficient (Wildman–Crippen LogP) is 0.482. The van der Waals surface area contributed by atoms with Crippen molar-refractivity contribution in [2.24, 2.45) is 11.7 Å². The zero-order chi connectivity index (χ0) is 9.10. The van der Waals surface area contributed by atoms with Crippen LogP contribution in [0.2, 0.25) is 0 Å². The smallest absolute Gasteiger partial charge is 0.0607 e. The molecule has 2 atom stereocenters. The Morgan fingerprint density at radius 1 is 1.31 bits per heavy atom. The Kier molecular flexibility index (Phi) is 3.49. The molecule has 13 heavy (non-hydrogen) atoms. The Morgan fingerprint density at radius 3 is 2.69 bits per heavy atom. The Hall–Kier alpha value is 0.230. The largest absolute Gasteiger partial charge is 0.381 e. The summed E-state index contributed by atoms with van der Waals surface area (Å²) in [4.78, 5) is 0. The first-order chi connectivity index (χ1) is 6.36. The summed E-state index contributed by atoms with van der Waals surface area (Å²) in [6.45, 7) is 3.59. The summed E-state index contributed by atoms with van der Waals surface area (Å²) in [5, 5.41) is 0.702. The molecule has 0 aromatic rings. The third kappa shape index (κ3) is 2.59. The Labute approximate surface area is 83.3 Å². The fourth-order valence-electron chi connectivity index (χ4n) is 1.58. The molecule has 0 radical (unpaired) electrons. The maximum Gasteiger partial charge on any atom is 0.0607 e. The van der Waals surface area contributed by atoms with E-state index in [-0.39, 0.29) is 0 Å². The third-order valence-corrected chi connectivity index (χ3v) is 4.02. The summed E-state index contributed by atoms with van der Waals surface area (Å²) in [5.41, 5.74) is 6.06. The molecule has 0 amide bonds. The van der Waals surface area contributed by atoms with Crippen LogP contribution in [0.1, 0.15) is 6.42 Å². The average molecular weight is 203 g/mol. The van der Waals surface area contributed by atoms with Crippen molar-refractivity contribution < 1.29 is 9.47 Å². The molecule has 0 spiro atoms. The summed E-state index contributed by atoms with van der Waals surface area (Å²) in [6, 6.07) is 0.313. The van der Waals surface area contributed by atoms with Crippen molar-refractivity contribution in [3.8, 4) is 0 Å². The van der Waals surface area contributed by atoms with Crippen LogP contribution < -0.4 is 5.73 Å². The molecular weight excluding hydrogens is 186 g/mol. The number of hydrogen-bond donors (Lipinski definition) is 1. The molecule has 2 aliphatic rings. The fraction of sp³-hybridized carbons (Fsp3) is 1.00. The molecule has 0 aromatic heterocycles. The monoisotopic (exact) mass is 203 g/mol. The van der Waals surface area contributed by atoms with E-state index in [1.54, 1.807) is 0 Å². The predicted molar refractivity (Wildman–Crippen MR) is 54.0 cm³/mol. The molecule has 2 unspecified atom stereocenters. The second-order valence-electron chi connectivity index (χ2n) is 3.78. The van der Waals surface area contributed by atoms with Crippen molar-refractivity contribution >= 4 is 11.8 Å². The van der Waals surface area contributed by atoms with Crippen molar-refractivity contribution in [3.05, 3.63) is 0 Å². The number of rotatable bonds is 4. The van der Waals surface area contributed by atoms with Crippen molar-refractivity contribution in [1.29, 1.82) is 0 Å². The standard InChI is InChI=1S/C9H17NO2S/c10-9(7-1-2-11-3-7)6-13-8-4-12-5-8/h7-9H,1-6,10H2. The minimum atomic E-state index is 0.313. The van der Waals surface area contributed by atoms with Gasteiger partial charge in [0.1, 0.15) is 0 Å². The van der Waals surface area contributed by atoms with Crippen LogP contribution in [0.25, 0.3) is 0 Å². The zero-order valence-electron chi connectivity index (χ0n) is 7.78. The maximum absolute atomic E-state index is 6.06. The van der Waals surface area contributed by atoms with Crippen LogP contribution in [0.15, 0.2) is 0 Å². The van der Waals surface area contributed by atoms with Gasteiger partial charge >= 0.3 is 0 Å². The Balaban J connectivity index is 1.62. The quantitative estimate of drug-likeness (QED) is 0.722. The van der Waals surface area contributed by atoms with Gasteiger partial charge in [-0.05, 0) is 6.42 Å². The molecule has 76 valence electrons. The van der Waals surface area contributed by atoms with Crippen LogP contribution in [0, 0.1) is 5.92 Å². The molecule has 2 saturated heterocycles. The summed E-state index contributed by atoms with van der Waals surface area (Å²) in [6.07, 6.45) is 1.14. The SMILES string of the molecule is NC(CSC1COC1)C1CCOC1. The van der Waals surface area contributed by atoms with Crippen LogP contribution in [-0.2, 0) is 9.47 Å². The maximum atomic E-state index is 6.06. The lowest BCUT2D eigenvalue weighted by atomic mass is 10.0. The molecule has 0 aromatic carbocycles. The van der Waals surface area contributed by atoms with E-state index in [0.29, 0.717) is 17.2 Å². The van der Waals surface area contributed by atoms with Crippen molar-refractivity contribution in [2.75, 3.05) is 32.2 Å². The van der Waals surface area contributed by atoms with E-state index >= 15 is 0 Å². The minimum Gasteiger partial charge on any atom is -0.381 e. The summed E-state index contributed by atoms with van der Waals surface area (Å²) >= 11 is 1.95. The van der Waals surface area contributed by atoms with Gasteiger partial charge in [-0.3, -0.25) is 0 Å². The molecule has 2 aliphatic heterocycles. The summed E-state index contributed by atoms with van der Waals surface area (Å²) < 4.78 is 10.4. The minimum absolute atomic E-state index is 0.313. The summed E-state index contributed by atoms with van der Waals surface area (Å²) in [5.74, 6) is 1.65. The van der Waals surface area contributed by atoms with Gasteiger partial charge in [0.05, 0.1) is 25.1 Å². The molecule has 2 fully saturated rings. The van der Waals surface area contributed by atoms with Crippen LogP contribution in [0.4, 0.5) is 0 Å². The van der Waals surface area contributed by atoms with E-state index in [2.05, 4.69) is 0 Å². The molecule has 4 heteroatoms. The third-order valence-electron chi connectivity index (χ3n) is 2.70. The second kappa shape index (κ2) is 4.64. The first kappa shape index (κ1) is 9.77.